The van der Waals surface area contributed by atoms with Gasteiger partial charge in [-0.1, -0.05) is 114 Å². The maximum absolute atomic E-state index is 4.94. The molecule has 41 heavy (non-hydrogen) atoms. The van der Waals surface area contributed by atoms with Gasteiger partial charge in [0.25, 0.3) is 0 Å². The summed E-state index contributed by atoms with van der Waals surface area (Å²) >= 11 is 0. The van der Waals surface area contributed by atoms with Crippen molar-refractivity contribution in [2.75, 3.05) is 0 Å². The first-order valence-corrected chi connectivity index (χ1v) is 13.5. The molecule has 7 heteroatoms. The zero-order valence-corrected chi connectivity index (χ0v) is 26.5. The van der Waals surface area contributed by atoms with Crippen LogP contribution in [0.25, 0.3) is 44.8 Å². The minimum Gasteiger partial charge on any atom is -0.573 e. The average Bonchev–Trinajstić information content (AvgIpc) is 3.64. The number of benzene rings is 2. The van der Waals surface area contributed by atoms with Gasteiger partial charge in [0.15, 0.2) is 0 Å². The summed E-state index contributed by atoms with van der Waals surface area (Å²) in [5, 5.41) is 19.7. The van der Waals surface area contributed by atoms with Gasteiger partial charge in [0.05, 0.1) is 11.4 Å². The molecule has 4 heterocycles. The Bertz CT molecular complexity index is 1710. The van der Waals surface area contributed by atoms with Crippen molar-refractivity contribution < 1.29 is 21.1 Å². The van der Waals surface area contributed by atoms with Crippen molar-refractivity contribution in [3.63, 3.8) is 0 Å². The third kappa shape index (κ3) is 7.07. The fraction of sp³-hybridized carbons (Fsp3) is 0.235. The van der Waals surface area contributed by atoms with E-state index >= 15 is 0 Å². The molecule has 0 spiro atoms. The predicted molar refractivity (Wildman–Crippen MR) is 162 cm³/mol. The van der Waals surface area contributed by atoms with Crippen LogP contribution in [0.1, 0.15) is 52.8 Å². The molecule has 6 nitrogen and oxygen atoms in total. The summed E-state index contributed by atoms with van der Waals surface area (Å²) < 4.78 is 0. The molecule has 0 aliphatic carbocycles. The molecule has 0 aliphatic rings. The molecule has 0 saturated heterocycles. The fourth-order valence-electron chi connectivity index (χ4n) is 4.32. The molecule has 0 radical (unpaired) electrons. The van der Waals surface area contributed by atoms with Crippen molar-refractivity contribution in [2.45, 2.75) is 52.4 Å². The number of hydrogen-bond donors (Lipinski definition) is 0. The van der Waals surface area contributed by atoms with Crippen LogP contribution in [0.15, 0.2) is 97.3 Å². The molecule has 0 fully saturated rings. The molecule has 0 aliphatic heterocycles. The largest absolute Gasteiger partial charge is 2.00 e. The minimum absolute atomic E-state index is 0. The summed E-state index contributed by atoms with van der Waals surface area (Å²) in [6.07, 6.45) is 3.67. The van der Waals surface area contributed by atoms with Gasteiger partial charge in [0.2, 0.25) is 0 Å². The predicted octanol–water partition coefficient (Wildman–Crippen LogP) is 7.61. The first kappa shape index (κ1) is 30.1. The Kier molecular flexibility index (Phi) is 9.04. The Morgan fingerprint density at radius 1 is 0.610 bits per heavy atom. The van der Waals surface area contributed by atoms with Gasteiger partial charge in [-0.2, -0.15) is 0 Å². The number of hydrogen-bond acceptors (Lipinski definition) is 4. The first-order valence-electron chi connectivity index (χ1n) is 13.5. The van der Waals surface area contributed by atoms with Gasteiger partial charge in [-0.15, -0.1) is 0 Å². The van der Waals surface area contributed by atoms with E-state index in [0.717, 1.165) is 50.5 Å². The van der Waals surface area contributed by atoms with Gasteiger partial charge < -0.3 is 20.4 Å². The summed E-state index contributed by atoms with van der Waals surface area (Å²) in [5.41, 5.74) is 7.46. The van der Waals surface area contributed by atoms with Crippen LogP contribution in [0, 0.1) is 0 Å². The average molecular weight is 722 g/mol. The molecule has 0 amide bonds. The van der Waals surface area contributed by atoms with Gasteiger partial charge in [-0.3, -0.25) is 9.97 Å². The topological polar surface area (TPSA) is 79.8 Å². The van der Waals surface area contributed by atoms with Gasteiger partial charge in [-0.25, -0.2) is 0 Å². The molecule has 0 saturated carbocycles. The standard InChI is InChI=1S/C25H21N5.C9H13N.Pt/c1-25(2,3)23-15-22(29-30-23)24-18-12-8-7-11-17(18)13-20(26-24)21-14-19(27-28-21)16-9-5-4-6-10-16;1-9(2,3)8-4-6-10-7-5-8;/h4-15H,1-3H3;4-7H,1-3H3;/q-2;;+2. The summed E-state index contributed by atoms with van der Waals surface area (Å²) in [5.74, 6) is 0. The summed E-state index contributed by atoms with van der Waals surface area (Å²) in [4.78, 5) is 8.90. The van der Waals surface area contributed by atoms with E-state index in [2.05, 4.69) is 97.3 Å². The second-order valence-electron chi connectivity index (χ2n) is 11.9. The Hall–Kier alpha value is -3.89. The molecule has 2 aromatic carbocycles. The molecule has 210 valence electrons. The maximum atomic E-state index is 4.94. The van der Waals surface area contributed by atoms with Crippen molar-refractivity contribution in [1.82, 2.24) is 30.4 Å². The normalized spacial score (nSPS) is 11.5. The zero-order valence-electron chi connectivity index (χ0n) is 24.2. The Labute approximate surface area is 256 Å². The Morgan fingerprint density at radius 2 is 1.27 bits per heavy atom. The maximum Gasteiger partial charge on any atom is 2.00 e. The van der Waals surface area contributed by atoms with Crippen molar-refractivity contribution >= 4 is 10.8 Å². The van der Waals surface area contributed by atoms with Crippen LogP contribution in [0.5, 0.6) is 0 Å². The second kappa shape index (κ2) is 12.3. The van der Waals surface area contributed by atoms with E-state index in [0.29, 0.717) is 0 Å². The molecular formula is C34H34N6Pt. The van der Waals surface area contributed by atoms with Crippen molar-refractivity contribution in [1.29, 1.82) is 0 Å². The summed E-state index contributed by atoms with van der Waals surface area (Å²) in [6.45, 7) is 13.0. The second-order valence-corrected chi connectivity index (χ2v) is 11.9. The molecule has 0 N–H and O–H groups in total. The monoisotopic (exact) mass is 721 g/mol. The van der Waals surface area contributed by atoms with Crippen LogP contribution >= 0.6 is 0 Å². The third-order valence-corrected chi connectivity index (χ3v) is 6.71. The first-order chi connectivity index (χ1) is 19.1. The number of pyridine rings is 2. The van der Waals surface area contributed by atoms with E-state index in [1.807, 2.05) is 67.0 Å². The summed E-state index contributed by atoms with van der Waals surface area (Å²) in [6, 6.07) is 28.4. The van der Waals surface area contributed by atoms with Crippen LogP contribution in [0.3, 0.4) is 0 Å². The van der Waals surface area contributed by atoms with E-state index in [1.165, 1.54) is 5.56 Å². The zero-order chi connectivity index (χ0) is 28.3. The van der Waals surface area contributed by atoms with Crippen LogP contribution in [-0.2, 0) is 31.9 Å². The molecule has 0 bridgehead atoms. The van der Waals surface area contributed by atoms with E-state index in [4.69, 9.17) is 4.98 Å². The van der Waals surface area contributed by atoms with E-state index in [9.17, 15) is 0 Å². The molecule has 6 rings (SSSR count). The summed E-state index contributed by atoms with van der Waals surface area (Å²) in [7, 11) is 0. The smallest absolute Gasteiger partial charge is 0.573 e. The molecule has 4 aromatic heterocycles. The number of fused-ring (bicyclic) bond motifs is 1. The number of rotatable bonds is 3. The van der Waals surface area contributed by atoms with Crippen molar-refractivity contribution in [3.05, 3.63) is 109 Å². The molecular weight excluding hydrogens is 687 g/mol. The van der Waals surface area contributed by atoms with Gasteiger partial charge in [0.1, 0.15) is 0 Å². The molecule has 0 atom stereocenters. The Balaban J connectivity index is 0.000000300. The van der Waals surface area contributed by atoms with Crippen LogP contribution in [0.4, 0.5) is 0 Å². The van der Waals surface area contributed by atoms with Crippen LogP contribution in [0.2, 0.25) is 0 Å². The van der Waals surface area contributed by atoms with E-state index in [1.54, 1.807) is 0 Å². The fourth-order valence-corrected chi connectivity index (χ4v) is 4.32. The SMILES string of the molecule is CC(C)(C)c1cc(-c2nc(-c3cc(-c4ccccc4)n[n-]3)cc3ccccc23)[n-]n1.CC(C)(C)c1ccncc1.[Pt+2]. The van der Waals surface area contributed by atoms with Gasteiger partial charge in [0, 0.05) is 34.6 Å². The third-order valence-electron chi connectivity index (χ3n) is 6.71. The van der Waals surface area contributed by atoms with Crippen LogP contribution < -0.4 is 10.2 Å². The Morgan fingerprint density at radius 3 is 1.90 bits per heavy atom. The van der Waals surface area contributed by atoms with Crippen LogP contribution in [-0.4, -0.2) is 20.2 Å². The van der Waals surface area contributed by atoms with E-state index in [-0.39, 0.29) is 31.9 Å². The van der Waals surface area contributed by atoms with Crippen molar-refractivity contribution in [2.24, 2.45) is 0 Å². The molecule has 6 aromatic rings. The van der Waals surface area contributed by atoms with Gasteiger partial charge >= 0.3 is 21.1 Å². The number of aromatic nitrogens is 6. The molecule has 0 unspecified atom stereocenters. The minimum atomic E-state index is -0.0690. The quantitative estimate of drug-likeness (QED) is 0.187. The van der Waals surface area contributed by atoms with Crippen molar-refractivity contribution in [3.8, 4) is 34.0 Å². The van der Waals surface area contributed by atoms with Gasteiger partial charge in [-0.05, 0) is 46.2 Å². The number of nitrogens with zero attached hydrogens (tertiary/aromatic N) is 6. The van der Waals surface area contributed by atoms with E-state index < -0.39 is 0 Å².